The van der Waals surface area contributed by atoms with Crippen LogP contribution < -0.4 is 5.32 Å². The zero-order chi connectivity index (χ0) is 16.4. The second kappa shape index (κ2) is 6.67. The van der Waals surface area contributed by atoms with E-state index in [1.165, 1.54) is 0 Å². The number of hydrogen-bond acceptors (Lipinski definition) is 4. The lowest BCUT2D eigenvalue weighted by molar-refractivity contribution is -0.0157. The number of nitrogens with one attached hydrogen (secondary N) is 1. The van der Waals surface area contributed by atoms with Gasteiger partial charge in [0.05, 0.1) is 24.7 Å². The van der Waals surface area contributed by atoms with Crippen molar-refractivity contribution in [1.82, 2.24) is 10.2 Å². The highest BCUT2D eigenvalue weighted by Gasteiger charge is 2.31. The maximum Gasteiger partial charge on any atom is 0.317 e. The molecule has 2 aliphatic rings. The first-order valence-electron chi connectivity index (χ1n) is 7.56. The Morgan fingerprint density at radius 1 is 1.30 bits per heavy atom. The van der Waals surface area contributed by atoms with Gasteiger partial charge in [-0.15, -0.1) is 0 Å². The third kappa shape index (κ3) is 4.16. The quantitative estimate of drug-likeness (QED) is 0.871. The van der Waals surface area contributed by atoms with Crippen LogP contribution in [0.2, 0.25) is 5.02 Å². The third-order valence-electron chi connectivity index (χ3n) is 4.16. The molecule has 0 aromatic heterocycles. The van der Waals surface area contributed by atoms with Gasteiger partial charge in [-0.1, -0.05) is 23.7 Å². The summed E-state index contributed by atoms with van der Waals surface area (Å²) in [7, 11) is -3.00. The molecule has 1 aromatic rings. The smallest absolute Gasteiger partial charge is 0.317 e. The number of nitrogens with zero attached hydrogens (tertiary/aromatic N) is 1. The molecule has 1 aromatic carbocycles. The van der Waals surface area contributed by atoms with Gasteiger partial charge in [0, 0.05) is 17.6 Å². The molecule has 2 aliphatic heterocycles. The Bertz CT molecular complexity index is 677. The van der Waals surface area contributed by atoms with Crippen molar-refractivity contribution >= 4 is 27.5 Å². The molecule has 8 heteroatoms. The minimum Gasteiger partial charge on any atom is -0.370 e. The minimum atomic E-state index is -3.00. The summed E-state index contributed by atoms with van der Waals surface area (Å²) in [4.78, 5) is 14.0. The first kappa shape index (κ1) is 16.5. The fourth-order valence-electron chi connectivity index (χ4n) is 2.89. The number of rotatable bonds is 2. The number of sulfone groups is 1. The fraction of sp³-hybridized carbons (Fsp3) is 0.533. The molecule has 3 rings (SSSR count). The van der Waals surface area contributed by atoms with Crippen LogP contribution >= 0.6 is 11.6 Å². The predicted octanol–water partition coefficient (Wildman–Crippen LogP) is 1.61. The molecule has 2 atom stereocenters. The van der Waals surface area contributed by atoms with Crippen molar-refractivity contribution in [1.29, 1.82) is 0 Å². The Morgan fingerprint density at radius 3 is 2.70 bits per heavy atom. The van der Waals surface area contributed by atoms with E-state index in [0.29, 0.717) is 31.1 Å². The fourth-order valence-corrected chi connectivity index (χ4v) is 4.69. The summed E-state index contributed by atoms with van der Waals surface area (Å²) in [5, 5.41) is 3.47. The standard InChI is InChI=1S/C15H19ClN2O4S/c16-12-3-1-11(2-4-12)14-9-18(6-7-22-14)15(19)17-13-5-8-23(20,21)10-13/h1-4,13-14H,5-10H2,(H,17,19)/t13?,14-/m1/s1. The molecule has 2 amide bonds. The van der Waals surface area contributed by atoms with E-state index in [0.717, 1.165) is 5.56 Å². The summed E-state index contributed by atoms with van der Waals surface area (Å²) >= 11 is 5.88. The van der Waals surface area contributed by atoms with Crippen molar-refractivity contribution in [2.45, 2.75) is 18.6 Å². The van der Waals surface area contributed by atoms with Crippen LogP contribution in [-0.2, 0) is 14.6 Å². The van der Waals surface area contributed by atoms with E-state index in [4.69, 9.17) is 16.3 Å². The second-order valence-electron chi connectivity index (χ2n) is 5.91. The third-order valence-corrected chi connectivity index (χ3v) is 6.18. The first-order valence-corrected chi connectivity index (χ1v) is 9.76. The molecule has 1 N–H and O–H groups in total. The lowest BCUT2D eigenvalue weighted by atomic mass is 10.1. The summed E-state index contributed by atoms with van der Waals surface area (Å²) in [6.07, 6.45) is 0.290. The zero-order valence-corrected chi connectivity index (χ0v) is 14.1. The molecule has 1 unspecified atom stereocenters. The highest BCUT2D eigenvalue weighted by Crippen LogP contribution is 2.24. The lowest BCUT2D eigenvalue weighted by Gasteiger charge is -2.33. The van der Waals surface area contributed by atoms with Gasteiger partial charge in [0.1, 0.15) is 6.10 Å². The van der Waals surface area contributed by atoms with E-state index in [2.05, 4.69) is 5.32 Å². The molecule has 2 fully saturated rings. The molecule has 126 valence electrons. The molecular formula is C15H19ClN2O4S. The van der Waals surface area contributed by atoms with E-state index < -0.39 is 9.84 Å². The van der Waals surface area contributed by atoms with Gasteiger partial charge >= 0.3 is 6.03 Å². The summed E-state index contributed by atoms with van der Waals surface area (Å²) in [6.45, 7) is 1.38. The number of urea groups is 1. The van der Waals surface area contributed by atoms with E-state index in [1.807, 2.05) is 12.1 Å². The normalized spacial score (nSPS) is 26.9. The number of ether oxygens (including phenoxy) is 1. The molecule has 2 saturated heterocycles. The number of hydrogen-bond donors (Lipinski definition) is 1. The van der Waals surface area contributed by atoms with E-state index in [-0.39, 0.29) is 29.7 Å². The van der Waals surface area contributed by atoms with Crippen molar-refractivity contribution in [2.75, 3.05) is 31.2 Å². The van der Waals surface area contributed by atoms with Crippen LogP contribution in [0.5, 0.6) is 0 Å². The van der Waals surface area contributed by atoms with Crippen LogP contribution in [0.4, 0.5) is 4.79 Å². The number of benzene rings is 1. The maximum absolute atomic E-state index is 12.3. The van der Waals surface area contributed by atoms with Crippen LogP contribution in [0.1, 0.15) is 18.1 Å². The molecular weight excluding hydrogens is 340 g/mol. The van der Waals surface area contributed by atoms with Gasteiger partial charge in [0.15, 0.2) is 9.84 Å². The highest BCUT2D eigenvalue weighted by molar-refractivity contribution is 7.91. The van der Waals surface area contributed by atoms with Crippen molar-refractivity contribution in [3.8, 4) is 0 Å². The Kier molecular flexibility index (Phi) is 4.79. The molecule has 2 heterocycles. The zero-order valence-electron chi connectivity index (χ0n) is 12.6. The molecule has 23 heavy (non-hydrogen) atoms. The van der Waals surface area contributed by atoms with Gasteiger partial charge in [0.2, 0.25) is 0 Å². The topological polar surface area (TPSA) is 75.7 Å². The van der Waals surface area contributed by atoms with E-state index >= 15 is 0 Å². The largest absolute Gasteiger partial charge is 0.370 e. The molecule has 0 saturated carbocycles. The summed E-state index contributed by atoms with van der Waals surface area (Å²) < 4.78 is 28.7. The van der Waals surface area contributed by atoms with Crippen LogP contribution in [0.25, 0.3) is 0 Å². The first-order chi connectivity index (χ1) is 10.9. The second-order valence-corrected chi connectivity index (χ2v) is 8.57. The number of carbonyl (C=O) groups excluding carboxylic acids is 1. The van der Waals surface area contributed by atoms with Gasteiger partial charge < -0.3 is 15.0 Å². The van der Waals surface area contributed by atoms with Crippen LogP contribution in [0.15, 0.2) is 24.3 Å². The van der Waals surface area contributed by atoms with Gasteiger partial charge in [0.25, 0.3) is 0 Å². The van der Waals surface area contributed by atoms with Crippen molar-refractivity contribution in [3.05, 3.63) is 34.9 Å². The SMILES string of the molecule is O=C(NC1CCS(=O)(=O)C1)N1CCO[C@@H](c2ccc(Cl)cc2)C1. The van der Waals surface area contributed by atoms with Gasteiger partial charge in [-0.3, -0.25) is 0 Å². The van der Waals surface area contributed by atoms with Crippen molar-refractivity contribution < 1.29 is 17.9 Å². The Morgan fingerprint density at radius 2 is 2.04 bits per heavy atom. The monoisotopic (exact) mass is 358 g/mol. The summed E-state index contributed by atoms with van der Waals surface area (Å²) in [6, 6.07) is 6.85. The van der Waals surface area contributed by atoms with Crippen molar-refractivity contribution in [3.63, 3.8) is 0 Å². The average Bonchev–Trinajstić information content (AvgIpc) is 2.87. The lowest BCUT2D eigenvalue weighted by Crippen LogP contribution is -2.50. The van der Waals surface area contributed by atoms with Crippen molar-refractivity contribution in [2.24, 2.45) is 0 Å². The molecule has 0 aliphatic carbocycles. The summed E-state index contributed by atoms with van der Waals surface area (Å²) in [5.41, 5.74) is 0.968. The molecule has 0 bridgehead atoms. The number of amides is 2. The number of carbonyl (C=O) groups is 1. The van der Waals surface area contributed by atoms with E-state index in [1.54, 1.807) is 17.0 Å². The Balaban J connectivity index is 1.59. The average molecular weight is 359 g/mol. The summed E-state index contributed by atoms with van der Waals surface area (Å²) in [5.74, 6) is 0.179. The Labute approximate surface area is 140 Å². The predicted molar refractivity (Wildman–Crippen MR) is 87.3 cm³/mol. The van der Waals surface area contributed by atoms with Crippen LogP contribution in [0, 0.1) is 0 Å². The molecule has 0 spiro atoms. The van der Waals surface area contributed by atoms with Gasteiger partial charge in [-0.05, 0) is 24.1 Å². The van der Waals surface area contributed by atoms with Gasteiger partial charge in [-0.2, -0.15) is 0 Å². The maximum atomic E-state index is 12.3. The van der Waals surface area contributed by atoms with E-state index in [9.17, 15) is 13.2 Å². The van der Waals surface area contributed by atoms with Crippen LogP contribution in [-0.4, -0.2) is 56.6 Å². The number of halogens is 1. The molecule has 0 radical (unpaired) electrons. The highest BCUT2D eigenvalue weighted by atomic mass is 35.5. The van der Waals surface area contributed by atoms with Crippen LogP contribution in [0.3, 0.4) is 0 Å². The minimum absolute atomic E-state index is 0.0314. The number of morpholine rings is 1. The Hall–Kier alpha value is -1.31. The molecule has 6 nitrogen and oxygen atoms in total. The van der Waals surface area contributed by atoms with Gasteiger partial charge in [-0.25, -0.2) is 13.2 Å².